The van der Waals surface area contributed by atoms with Gasteiger partial charge in [-0.05, 0) is 94.6 Å². The third-order valence-corrected chi connectivity index (χ3v) is 9.66. The Morgan fingerprint density at radius 2 is 0.484 bits per heavy atom. The number of hydrogen-bond donors (Lipinski definition) is 8. The molecular formula is C40H38Cl2N4O16. The van der Waals surface area contributed by atoms with E-state index in [4.69, 9.17) is 0 Å². The number of hydrogen-bond acceptors (Lipinski definition) is 12. The summed E-state index contributed by atoms with van der Waals surface area (Å²) in [6.07, 6.45) is -0.935. The molecule has 0 atom stereocenters. The third kappa shape index (κ3) is 12.0. The van der Waals surface area contributed by atoms with E-state index in [0.717, 1.165) is 0 Å². The highest BCUT2D eigenvalue weighted by Gasteiger charge is 2.34. The Balaban J connectivity index is 0.00000512. The van der Waals surface area contributed by atoms with Crippen LogP contribution >= 0.6 is 24.8 Å². The van der Waals surface area contributed by atoms with Crippen molar-refractivity contribution in [3.63, 3.8) is 0 Å². The normalized spacial score (nSPS) is 16.5. The number of carboxylic acids is 8. The summed E-state index contributed by atoms with van der Waals surface area (Å²) in [5.41, 5.74) is 0.00237. The molecule has 0 saturated heterocycles. The lowest BCUT2D eigenvalue weighted by Crippen LogP contribution is -2.09. The number of nitrogens with zero attached hydrogens (tertiary/aromatic N) is 4. The van der Waals surface area contributed by atoms with Crippen molar-refractivity contribution in [1.82, 2.24) is 0 Å². The molecule has 5 aliphatic heterocycles. The van der Waals surface area contributed by atoms with Gasteiger partial charge in [0.05, 0.1) is 71.3 Å². The molecule has 0 aromatic rings. The van der Waals surface area contributed by atoms with Crippen molar-refractivity contribution in [1.29, 1.82) is 0 Å². The lowest BCUT2D eigenvalue weighted by atomic mass is 9.92. The van der Waals surface area contributed by atoms with Gasteiger partial charge in [-0.25, -0.2) is 20.0 Å². The van der Waals surface area contributed by atoms with E-state index < -0.39 is 99.1 Å². The van der Waals surface area contributed by atoms with Crippen molar-refractivity contribution >= 4 is 95.4 Å². The van der Waals surface area contributed by atoms with Gasteiger partial charge in [-0.3, -0.25) is 38.4 Å². The smallest absolute Gasteiger partial charge is 0.307 e. The number of aliphatic carboxylic acids is 8. The zero-order chi connectivity index (χ0) is 44.0. The number of fused-ring (bicyclic) bond motifs is 4. The van der Waals surface area contributed by atoms with Crippen LogP contribution in [0.1, 0.15) is 77.0 Å². The predicted octanol–water partition coefficient (Wildman–Crippen LogP) is 4.74. The second-order valence-corrected chi connectivity index (χ2v) is 13.8. The van der Waals surface area contributed by atoms with Gasteiger partial charge in [0.2, 0.25) is 0 Å². The molecule has 0 amide bonds. The Morgan fingerprint density at radius 3 is 0.629 bits per heavy atom. The van der Waals surface area contributed by atoms with E-state index in [2.05, 4.69) is 20.0 Å². The largest absolute Gasteiger partial charge is 0.481 e. The topological polar surface area (TPSA) is 348 Å². The minimum absolute atomic E-state index is 0. The molecule has 0 aromatic heterocycles. The fourth-order valence-electron chi connectivity index (χ4n) is 7.21. The molecule has 0 fully saturated rings. The van der Waals surface area contributed by atoms with Crippen molar-refractivity contribution in [2.75, 3.05) is 0 Å². The fourth-order valence-corrected chi connectivity index (χ4v) is 7.21. The fraction of sp³-hybridized carbons (Fsp3) is 0.300. The lowest BCUT2D eigenvalue weighted by Gasteiger charge is -2.10. The van der Waals surface area contributed by atoms with Gasteiger partial charge in [0.15, 0.2) is 0 Å². The Kier molecular flexibility index (Phi) is 16.7. The number of halogens is 2. The minimum atomic E-state index is -1.36. The quantitative estimate of drug-likeness (QED) is 0.0817. The average molecular weight is 902 g/mol. The Bertz CT molecular complexity index is 2120. The second kappa shape index (κ2) is 21.0. The molecule has 5 rings (SSSR count). The highest BCUT2D eigenvalue weighted by atomic mass is 35.5. The minimum Gasteiger partial charge on any atom is -0.481 e. The van der Waals surface area contributed by atoms with E-state index in [1.807, 2.05) is 0 Å². The first-order valence-corrected chi connectivity index (χ1v) is 18.2. The molecule has 8 N–H and O–H groups in total. The highest BCUT2D eigenvalue weighted by Crippen LogP contribution is 2.41. The first-order valence-electron chi connectivity index (χ1n) is 18.2. The molecule has 0 radical (unpaired) electrons. The molecule has 5 aliphatic rings. The monoisotopic (exact) mass is 900 g/mol. The third-order valence-electron chi connectivity index (χ3n) is 9.66. The maximum atomic E-state index is 12.3. The Hall–Kier alpha value is -7.06. The number of aliphatic imine (C=N–C) groups is 4. The number of allylic oxidation sites excluding steroid dienone is 8. The molecule has 0 unspecified atom stereocenters. The van der Waals surface area contributed by atoms with E-state index in [9.17, 15) is 79.2 Å². The molecule has 0 saturated carbocycles. The lowest BCUT2D eigenvalue weighted by molar-refractivity contribution is -0.138. The highest BCUT2D eigenvalue weighted by molar-refractivity contribution is 6.22. The van der Waals surface area contributed by atoms with E-state index in [-0.39, 0.29) is 141 Å². The van der Waals surface area contributed by atoms with E-state index in [1.54, 1.807) is 0 Å². The molecule has 5 heterocycles. The van der Waals surface area contributed by atoms with Gasteiger partial charge in [-0.2, -0.15) is 0 Å². The zero-order valence-corrected chi connectivity index (χ0v) is 33.9. The van der Waals surface area contributed by atoms with E-state index in [0.29, 0.717) is 0 Å². The summed E-state index contributed by atoms with van der Waals surface area (Å²) in [6.45, 7) is 0. The summed E-state index contributed by atoms with van der Waals surface area (Å²) in [7, 11) is 0. The molecule has 0 aliphatic carbocycles. The van der Waals surface area contributed by atoms with Crippen LogP contribution in [0.3, 0.4) is 0 Å². The molecule has 0 aromatic carbocycles. The predicted molar refractivity (Wildman–Crippen MR) is 221 cm³/mol. The summed E-state index contributed by atoms with van der Waals surface area (Å²) in [5, 5.41) is 78.5. The molecule has 20 nitrogen and oxygen atoms in total. The van der Waals surface area contributed by atoms with Gasteiger partial charge >= 0.3 is 47.8 Å². The van der Waals surface area contributed by atoms with Crippen LogP contribution < -0.4 is 0 Å². The summed E-state index contributed by atoms with van der Waals surface area (Å²) in [5.74, 6) is -10.5. The molecule has 8 bridgehead atoms. The van der Waals surface area contributed by atoms with Crippen LogP contribution in [0.25, 0.3) is 0 Å². The van der Waals surface area contributed by atoms with Gasteiger partial charge in [0.25, 0.3) is 0 Å². The van der Waals surface area contributed by atoms with Gasteiger partial charge in [0.1, 0.15) is 0 Å². The van der Waals surface area contributed by atoms with Gasteiger partial charge in [0, 0.05) is 25.7 Å². The zero-order valence-electron chi connectivity index (χ0n) is 32.2. The first-order chi connectivity index (χ1) is 28.3. The number of carboxylic acid groups (broad SMARTS) is 8. The summed E-state index contributed by atoms with van der Waals surface area (Å²) in [4.78, 5) is 115. The van der Waals surface area contributed by atoms with Crippen molar-refractivity contribution < 1.29 is 79.2 Å². The van der Waals surface area contributed by atoms with Crippen LogP contribution in [-0.2, 0) is 38.4 Å². The van der Waals surface area contributed by atoms with Crippen LogP contribution in [-0.4, -0.2) is 111 Å². The van der Waals surface area contributed by atoms with E-state index >= 15 is 0 Å². The van der Waals surface area contributed by atoms with Crippen molar-refractivity contribution in [3.8, 4) is 0 Å². The average Bonchev–Trinajstić information content (AvgIpc) is 3.81. The van der Waals surface area contributed by atoms with Crippen LogP contribution in [0.15, 0.2) is 112 Å². The molecule has 328 valence electrons. The molecule has 62 heavy (non-hydrogen) atoms. The second-order valence-electron chi connectivity index (χ2n) is 13.8. The van der Waals surface area contributed by atoms with Crippen molar-refractivity contribution in [3.05, 3.63) is 91.7 Å². The molecule has 0 spiro atoms. The summed E-state index contributed by atoms with van der Waals surface area (Å²) in [6, 6.07) is 0. The number of rotatable bonds is 20. The summed E-state index contributed by atoms with van der Waals surface area (Å²) < 4.78 is 0. The SMILES string of the molecule is Cl.Cl.O=C(O)CCC1=C(CC(=O)O)C2=NC1=CC1=NC(=CC3=NC(=CC4=NC(=C2)C(CCC(=O)O)=C4CC(=O)O)C(CCC(=O)O)=C3CC(=O)O)C(CCC(=O)O)=C1CC(=O)O. The first kappa shape index (κ1) is 49.3. The summed E-state index contributed by atoms with van der Waals surface area (Å²) >= 11 is 0. The molecule has 22 heteroatoms. The van der Waals surface area contributed by atoms with Gasteiger partial charge in [-0.15, -0.1) is 24.8 Å². The Morgan fingerprint density at radius 1 is 0.306 bits per heavy atom. The standard InChI is InChI=1S/C40H36N4O16.2ClH/c45-33(46)5-1-17-21(9-37(53)54)29-14-26-19(3-7-35(49)50)23(11-39(57)58)31(43-26)16-28-20(4-8-36(51)52)24(12-40(59)60)32(44-28)15-27-18(2-6-34(47)48)22(10-38(55)56)30(42-27)13-25(17)41-29;;/h13-16H,1-12H2,(H,45,46)(H,47,48)(H,49,50)(H,51,52)(H,53,54)(H,55,56)(H,57,58)(H,59,60);2*1H. The van der Waals surface area contributed by atoms with Crippen molar-refractivity contribution in [2.45, 2.75) is 77.0 Å². The van der Waals surface area contributed by atoms with Gasteiger partial charge in [-0.1, -0.05) is 0 Å². The molecular weight excluding hydrogens is 863 g/mol. The van der Waals surface area contributed by atoms with Crippen molar-refractivity contribution in [2.24, 2.45) is 20.0 Å². The maximum Gasteiger partial charge on any atom is 0.307 e. The van der Waals surface area contributed by atoms with Crippen LogP contribution in [0.5, 0.6) is 0 Å². The van der Waals surface area contributed by atoms with E-state index in [1.165, 1.54) is 24.3 Å². The maximum absolute atomic E-state index is 12.3. The van der Waals surface area contributed by atoms with Crippen LogP contribution in [0.2, 0.25) is 0 Å². The van der Waals surface area contributed by atoms with Crippen LogP contribution in [0.4, 0.5) is 0 Å². The number of carbonyl (C=O) groups is 8. The van der Waals surface area contributed by atoms with Gasteiger partial charge < -0.3 is 40.9 Å². The van der Waals surface area contributed by atoms with Crippen LogP contribution in [0, 0.1) is 0 Å². The Labute approximate surface area is 362 Å².